The number of benzene rings is 1. The molecule has 1 rings (SSSR count). The molecule has 1 aromatic carbocycles. The Morgan fingerprint density at radius 1 is 1.24 bits per heavy atom. The normalized spacial score (nSPS) is 11.5. The Morgan fingerprint density at radius 2 is 1.82 bits per heavy atom. The lowest BCUT2D eigenvalue weighted by Gasteiger charge is -2.16. The van der Waals surface area contributed by atoms with E-state index in [0.717, 1.165) is 15.8 Å². The molecule has 0 N–H and O–H groups in total. The van der Waals surface area contributed by atoms with Crippen LogP contribution < -0.4 is 0 Å². The summed E-state index contributed by atoms with van der Waals surface area (Å²) in [6.45, 7) is 6.51. The van der Waals surface area contributed by atoms with Gasteiger partial charge in [0.25, 0.3) is 0 Å². The number of ketones is 1. The van der Waals surface area contributed by atoms with E-state index in [-0.39, 0.29) is 5.41 Å². The zero-order valence-electron chi connectivity index (χ0n) is 10.6. The van der Waals surface area contributed by atoms with Crippen molar-refractivity contribution in [2.45, 2.75) is 38.5 Å². The fourth-order valence-corrected chi connectivity index (χ4v) is 2.35. The van der Waals surface area contributed by atoms with Crippen molar-refractivity contribution in [1.82, 2.24) is 0 Å². The first kappa shape index (κ1) is 14.8. The van der Waals surface area contributed by atoms with Gasteiger partial charge in [-0.05, 0) is 36.1 Å². The first-order chi connectivity index (χ1) is 7.87. The Morgan fingerprint density at radius 3 is 2.35 bits per heavy atom. The van der Waals surface area contributed by atoms with Crippen molar-refractivity contribution < 1.29 is 4.79 Å². The average molecular weight is 315 g/mol. The summed E-state index contributed by atoms with van der Waals surface area (Å²) in [7, 11) is 0. The number of rotatable bonds is 5. The maximum Gasteiger partial charge on any atom is 0.143 e. The van der Waals surface area contributed by atoms with Gasteiger partial charge in [-0.2, -0.15) is 0 Å². The molecule has 3 heteroatoms. The highest BCUT2D eigenvalue weighted by Crippen LogP contribution is 2.24. The van der Waals surface area contributed by atoms with Crippen LogP contribution in [0.25, 0.3) is 0 Å². The number of carbonyl (C=O) groups excluding carboxylic acids is 1. The molecule has 0 saturated carbocycles. The summed E-state index contributed by atoms with van der Waals surface area (Å²) in [5, 5.41) is 0. The van der Waals surface area contributed by atoms with Crippen molar-refractivity contribution in [3.63, 3.8) is 0 Å². The highest BCUT2D eigenvalue weighted by Gasteiger charge is 2.12. The van der Waals surface area contributed by atoms with Gasteiger partial charge in [0.05, 0.1) is 5.75 Å². The standard InChI is InChI=1S/C14H19BrOS/c1-14(2,3)9-8-12(16)10-17-13-6-4-11(15)5-7-13/h4-7H,8-10H2,1-3H3. The third-order valence-corrected chi connectivity index (χ3v) is 3.97. The van der Waals surface area contributed by atoms with Crippen molar-refractivity contribution in [2.24, 2.45) is 5.41 Å². The number of carbonyl (C=O) groups is 1. The average Bonchev–Trinajstić information content (AvgIpc) is 2.25. The molecule has 0 heterocycles. The van der Waals surface area contributed by atoms with Crippen molar-refractivity contribution in [1.29, 1.82) is 0 Å². The van der Waals surface area contributed by atoms with Gasteiger partial charge in [-0.3, -0.25) is 4.79 Å². The van der Waals surface area contributed by atoms with Crippen molar-refractivity contribution in [3.8, 4) is 0 Å². The molecule has 0 radical (unpaired) electrons. The van der Waals surface area contributed by atoms with Gasteiger partial charge in [-0.25, -0.2) is 0 Å². The number of hydrogen-bond donors (Lipinski definition) is 0. The summed E-state index contributed by atoms with van der Waals surface area (Å²) >= 11 is 5.01. The summed E-state index contributed by atoms with van der Waals surface area (Å²) in [5.74, 6) is 0.922. The van der Waals surface area contributed by atoms with Gasteiger partial charge in [0.2, 0.25) is 0 Å². The van der Waals surface area contributed by atoms with E-state index in [1.807, 2.05) is 24.3 Å². The highest BCUT2D eigenvalue weighted by molar-refractivity contribution is 9.10. The molecule has 0 bridgehead atoms. The molecule has 0 spiro atoms. The van der Waals surface area contributed by atoms with Gasteiger partial charge in [0.1, 0.15) is 5.78 Å². The maximum absolute atomic E-state index is 11.7. The van der Waals surface area contributed by atoms with E-state index >= 15 is 0 Å². The number of thioether (sulfide) groups is 1. The van der Waals surface area contributed by atoms with E-state index in [9.17, 15) is 4.79 Å². The van der Waals surface area contributed by atoms with Crippen LogP contribution in [0.3, 0.4) is 0 Å². The smallest absolute Gasteiger partial charge is 0.143 e. The molecule has 17 heavy (non-hydrogen) atoms. The quantitative estimate of drug-likeness (QED) is 0.716. The molecular formula is C14H19BrOS. The van der Waals surface area contributed by atoms with Crippen LogP contribution in [0.5, 0.6) is 0 Å². The number of hydrogen-bond acceptors (Lipinski definition) is 2. The van der Waals surface area contributed by atoms with E-state index < -0.39 is 0 Å². The zero-order chi connectivity index (χ0) is 12.9. The van der Waals surface area contributed by atoms with Gasteiger partial charge in [-0.1, -0.05) is 36.7 Å². The van der Waals surface area contributed by atoms with E-state index in [2.05, 4.69) is 36.7 Å². The Bertz CT molecular complexity index is 365. The van der Waals surface area contributed by atoms with Crippen molar-refractivity contribution in [3.05, 3.63) is 28.7 Å². The van der Waals surface area contributed by atoms with Gasteiger partial charge in [0, 0.05) is 15.8 Å². The zero-order valence-corrected chi connectivity index (χ0v) is 13.0. The maximum atomic E-state index is 11.7. The monoisotopic (exact) mass is 314 g/mol. The molecule has 0 amide bonds. The largest absolute Gasteiger partial charge is 0.299 e. The fraction of sp³-hybridized carbons (Fsp3) is 0.500. The predicted molar refractivity (Wildman–Crippen MR) is 78.6 cm³/mol. The van der Waals surface area contributed by atoms with E-state index in [1.54, 1.807) is 11.8 Å². The lowest BCUT2D eigenvalue weighted by atomic mass is 9.90. The van der Waals surface area contributed by atoms with Crippen LogP contribution in [0, 0.1) is 5.41 Å². The summed E-state index contributed by atoms with van der Waals surface area (Å²) in [6, 6.07) is 8.07. The second-order valence-corrected chi connectivity index (χ2v) is 7.31. The van der Waals surface area contributed by atoms with Crippen LogP contribution in [-0.4, -0.2) is 11.5 Å². The fourth-order valence-electron chi connectivity index (χ4n) is 1.28. The molecule has 1 aromatic rings. The molecule has 0 atom stereocenters. The molecule has 0 aliphatic carbocycles. The molecular weight excluding hydrogens is 296 g/mol. The summed E-state index contributed by atoms with van der Waals surface area (Å²) < 4.78 is 1.07. The third-order valence-electron chi connectivity index (χ3n) is 2.37. The molecule has 0 fully saturated rings. The second-order valence-electron chi connectivity index (χ2n) is 5.34. The number of Topliss-reactive ketones (excluding diaryl/α,β-unsaturated/α-hetero) is 1. The van der Waals surface area contributed by atoms with Gasteiger partial charge in [-0.15, -0.1) is 11.8 Å². The van der Waals surface area contributed by atoms with Gasteiger partial charge >= 0.3 is 0 Å². The van der Waals surface area contributed by atoms with Crippen molar-refractivity contribution in [2.75, 3.05) is 5.75 Å². The third kappa shape index (κ3) is 6.89. The first-order valence-electron chi connectivity index (χ1n) is 5.77. The molecule has 0 aliphatic heterocycles. The Labute approximate surface area is 117 Å². The Balaban J connectivity index is 2.31. The second kappa shape index (κ2) is 6.60. The summed E-state index contributed by atoms with van der Waals surface area (Å²) in [4.78, 5) is 12.9. The van der Waals surface area contributed by atoms with Crippen LogP contribution >= 0.6 is 27.7 Å². The predicted octanol–water partition coefficient (Wildman–Crippen LogP) is 4.94. The summed E-state index contributed by atoms with van der Waals surface area (Å²) in [5.41, 5.74) is 0.248. The van der Waals surface area contributed by atoms with Crippen LogP contribution in [0.1, 0.15) is 33.6 Å². The lowest BCUT2D eigenvalue weighted by Crippen LogP contribution is -2.10. The number of halogens is 1. The molecule has 94 valence electrons. The SMILES string of the molecule is CC(C)(C)CCC(=O)CSc1ccc(Br)cc1. The van der Waals surface area contributed by atoms with Crippen molar-refractivity contribution >= 4 is 33.5 Å². The van der Waals surface area contributed by atoms with Crippen LogP contribution in [0.15, 0.2) is 33.6 Å². The van der Waals surface area contributed by atoms with E-state index in [4.69, 9.17) is 0 Å². The van der Waals surface area contributed by atoms with Gasteiger partial charge < -0.3 is 0 Å². The summed E-state index contributed by atoms with van der Waals surface area (Å²) in [6.07, 6.45) is 1.65. The molecule has 1 nitrogen and oxygen atoms in total. The topological polar surface area (TPSA) is 17.1 Å². The van der Waals surface area contributed by atoms with E-state index in [1.165, 1.54) is 0 Å². The molecule has 0 aromatic heterocycles. The van der Waals surface area contributed by atoms with Crippen LogP contribution in [0.2, 0.25) is 0 Å². The minimum absolute atomic E-state index is 0.248. The Kier molecular flexibility index (Phi) is 5.74. The minimum Gasteiger partial charge on any atom is -0.299 e. The van der Waals surface area contributed by atoms with E-state index in [0.29, 0.717) is 18.0 Å². The molecule has 0 saturated heterocycles. The minimum atomic E-state index is 0.248. The molecule has 0 unspecified atom stereocenters. The lowest BCUT2D eigenvalue weighted by molar-refractivity contribution is -0.117. The highest BCUT2D eigenvalue weighted by atomic mass is 79.9. The van der Waals surface area contributed by atoms with Crippen LogP contribution in [-0.2, 0) is 4.79 Å². The van der Waals surface area contributed by atoms with Gasteiger partial charge in [0.15, 0.2) is 0 Å². The van der Waals surface area contributed by atoms with Crippen LogP contribution in [0.4, 0.5) is 0 Å². The molecule has 0 aliphatic rings. The Hall–Kier alpha value is -0.280. The first-order valence-corrected chi connectivity index (χ1v) is 7.55.